The van der Waals surface area contributed by atoms with Gasteiger partial charge in [-0.25, -0.2) is 13.2 Å². The molecule has 0 unspecified atom stereocenters. The number of Topliss-reactive ketones (excluding diaryl/α,β-unsaturated/α-hetero) is 1. The molecule has 1 heterocycles. The number of ketones is 1. The first-order valence-corrected chi connectivity index (χ1v) is 11.1. The molecular formula is C21H28N2O5S. The number of nitrogens with zero attached hydrogens (tertiary/aromatic N) is 1. The number of aryl methyl sites for hydroxylation is 1. The van der Waals surface area contributed by atoms with Gasteiger partial charge in [-0.05, 0) is 51.8 Å². The van der Waals surface area contributed by atoms with Gasteiger partial charge < -0.3 is 9.72 Å². The molecule has 0 radical (unpaired) electrons. The Morgan fingerprint density at radius 2 is 1.76 bits per heavy atom. The predicted octanol–water partition coefficient (Wildman–Crippen LogP) is 3.48. The zero-order valence-electron chi connectivity index (χ0n) is 17.5. The summed E-state index contributed by atoms with van der Waals surface area (Å²) < 4.78 is 32.6. The van der Waals surface area contributed by atoms with Gasteiger partial charge in [0, 0.05) is 17.8 Å². The van der Waals surface area contributed by atoms with Gasteiger partial charge in [0.2, 0.25) is 10.0 Å². The van der Waals surface area contributed by atoms with E-state index < -0.39 is 22.0 Å². The number of ether oxygens (including phenoxy) is 1. The highest BCUT2D eigenvalue weighted by molar-refractivity contribution is 7.89. The van der Waals surface area contributed by atoms with Crippen LogP contribution in [0.4, 0.5) is 0 Å². The van der Waals surface area contributed by atoms with Crippen LogP contribution in [0.1, 0.15) is 59.3 Å². The van der Waals surface area contributed by atoms with Crippen molar-refractivity contribution >= 4 is 21.8 Å². The number of sulfonamides is 1. The average Bonchev–Trinajstić information content (AvgIpc) is 3.00. The predicted molar refractivity (Wildman–Crippen MR) is 111 cm³/mol. The number of hydrogen-bond donors (Lipinski definition) is 1. The van der Waals surface area contributed by atoms with Gasteiger partial charge in [-0.2, -0.15) is 4.31 Å². The van der Waals surface area contributed by atoms with E-state index >= 15 is 0 Å². The van der Waals surface area contributed by atoms with Crippen LogP contribution in [0, 0.1) is 13.8 Å². The molecule has 2 aromatic rings. The summed E-state index contributed by atoms with van der Waals surface area (Å²) in [5.74, 6) is -0.901. The monoisotopic (exact) mass is 420 g/mol. The van der Waals surface area contributed by atoms with Gasteiger partial charge in [0.1, 0.15) is 5.69 Å². The fourth-order valence-electron chi connectivity index (χ4n) is 3.34. The summed E-state index contributed by atoms with van der Waals surface area (Å²) in [6.07, 6.45) is 0.558. The number of hydrogen-bond acceptors (Lipinski definition) is 5. The molecule has 8 heteroatoms. The second-order valence-corrected chi connectivity index (χ2v) is 8.71. The molecule has 0 saturated heterocycles. The SMILES string of the molecule is CCCN([C@@H](C)C(=O)c1c(C)[nH]c(C(=O)OCC)c1C)S(=O)(=O)c1ccccc1. The van der Waals surface area contributed by atoms with E-state index in [-0.39, 0.29) is 29.5 Å². The molecule has 0 aliphatic carbocycles. The second-order valence-electron chi connectivity index (χ2n) is 6.81. The standard InChI is InChI=1S/C21H28N2O5S/c1-6-13-23(29(26,27)17-11-9-8-10-12-17)16(5)20(24)18-14(3)19(22-15(18)4)21(25)28-7-2/h8-12,16,22H,6-7,13H2,1-5H3/t16-/m0/s1. The number of benzene rings is 1. The summed E-state index contributed by atoms with van der Waals surface area (Å²) in [5, 5.41) is 0. The number of esters is 1. The lowest BCUT2D eigenvalue weighted by Crippen LogP contribution is -2.43. The summed E-state index contributed by atoms with van der Waals surface area (Å²) in [7, 11) is -3.85. The third kappa shape index (κ3) is 4.59. The summed E-state index contributed by atoms with van der Waals surface area (Å²) in [4.78, 5) is 28.5. The minimum Gasteiger partial charge on any atom is -0.461 e. The van der Waals surface area contributed by atoms with E-state index in [1.807, 2.05) is 6.92 Å². The third-order valence-electron chi connectivity index (χ3n) is 4.77. The molecule has 0 bridgehead atoms. The lowest BCUT2D eigenvalue weighted by Gasteiger charge is -2.27. The normalized spacial score (nSPS) is 12.8. The summed E-state index contributed by atoms with van der Waals surface area (Å²) in [6, 6.07) is 7.14. The molecule has 29 heavy (non-hydrogen) atoms. The Morgan fingerprint density at radius 3 is 2.31 bits per heavy atom. The van der Waals surface area contributed by atoms with Crippen LogP contribution >= 0.6 is 0 Å². The third-order valence-corrected chi connectivity index (χ3v) is 6.75. The van der Waals surface area contributed by atoms with Gasteiger partial charge in [-0.1, -0.05) is 25.1 Å². The molecule has 1 aromatic heterocycles. The zero-order valence-corrected chi connectivity index (χ0v) is 18.3. The van der Waals surface area contributed by atoms with Crippen LogP contribution in [0.25, 0.3) is 0 Å². The minimum atomic E-state index is -3.85. The molecule has 7 nitrogen and oxygen atoms in total. The molecule has 0 fully saturated rings. The quantitative estimate of drug-likeness (QED) is 0.495. The molecule has 0 spiro atoms. The van der Waals surface area contributed by atoms with E-state index in [2.05, 4.69) is 4.98 Å². The van der Waals surface area contributed by atoms with Gasteiger partial charge >= 0.3 is 5.97 Å². The average molecular weight is 421 g/mol. The maximum Gasteiger partial charge on any atom is 0.355 e. The first-order chi connectivity index (χ1) is 13.7. The van der Waals surface area contributed by atoms with Crippen molar-refractivity contribution in [3.05, 3.63) is 52.8 Å². The van der Waals surface area contributed by atoms with E-state index in [4.69, 9.17) is 4.74 Å². The molecule has 0 aliphatic rings. The maximum absolute atomic E-state index is 13.3. The van der Waals surface area contributed by atoms with Crippen LogP contribution in [0.15, 0.2) is 35.2 Å². The van der Waals surface area contributed by atoms with Crippen LogP contribution in [0.5, 0.6) is 0 Å². The van der Waals surface area contributed by atoms with Gasteiger partial charge in [-0.3, -0.25) is 4.79 Å². The number of aromatic amines is 1. The zero-order chi connectivity index (χ0) is 21.8. The summed E-state index contributed by atoms with van der Waals surface area (Å²) in [6.45, 7) is 8.91. The number of nitrogens with one attached hydrogen (secondary N) is 1. The van der Waals surface area contributed by atoms with Crippen LogP contribution in [-0.2, 0) is 14.8 Å². The molecular weight excluding hydrogens is 392 g/mol. The van der Waals surface area contributed by atoms with Gasteiger partial charge in [0.25, 0.3) is 0 Å². The Labute approximate surface area is 172 Å². The van der Waals surface area contributed by atoms with E-state index in [0.717, 1.165) is 0 Å². The summed E-state index contributed by atoms with van der Waals surface area (Å²) in [5.41, 5.74) is 1.51. The highest BCUT2D eigenvalue weighted by Crippen LogP contribution is 2.25. The maximum atomic E-state index is 13.3. The number of rotatable bonds is 9. The van der Waals surface area contributed by atoms with E-state index in [9.17, 15) is 18.0 Å². The number of H-pyrrole nitrogens is 1. The molecule has 0 amide bonds. The molecule has 0 saturated carbocycles. The smallest absolute Gasteiger partial charge is 0.355 e. The van der Waals surface area contributed by atoms with Crippen molar-refractivity contribution in [3.63, 3.8) is 0 Å². The van der Waals surface area contributed by atoms with Crippen LogP contribution in [-0.4, -0.2) is 48.7 Å². The largest absolute Gasteiger partial charge is 0.461 e. The van der Waals surface area contributed by atoms with Crippen molar-refractivity contribution in [3.8, 4) is 0 Å². The number of carbonyl (C=O) groups excluding carboxylic acids is 2. The van der Waals surface area contributed by atoms with Crippen molar-refractivity contribution in [2.24, 2.45) is 0 Å². The lowest BCUT2D eigenvalue weighted by molar-refractivity contribution is 0.0519. The molecule has 158 valence electrons. The van der Waals surface area contributed by atoms with Crippen LogP contribution < -0.4 is 0 Å². The molecule has 1 N–H and O–H groups in total. The topological polar surface area (TPSA) is 96.5 Å². The van der Waals surface area contributed by atoms with E-state index in [0.29, 0.717) is 23.2 Å². The van der Waals surface area contributed by atoms with Crippen molar-refractivity contribution in [1.82, 2.24) is 9.29 Å². The number of carbonyl (C=O) groups is 2. The molecule has 1 atom stereocenters. The van der Waals surface area contributed by atoms with Crippen LogP contribution in [0.3, 0.4) is 0 Å². The van der Waals surface area contributed by atoms with Crippen molar-refractivity contribution < 1.29 is 22.7 Å². The number of aromatic nitrogens is 1. The van der Waals surface area contributed by atoms with Gasteiger partial charge in [-0.15, -0.1) is 0 Å². The molecule has 0 aliphatic heterocycles. The fraction of sp³-hybridized carbons (Fsp3) is 0.429. The Balaban J connectivity index is 2.45. The minimum absolute atomic E-state index is 0.142. The van der Waals surface area contributed by atoms with Gasteiger partial charge in [0.15, 0.2) is 5.78 Å². The molecule has 1 aromatic carbocycles. The van der Waals surface area contributed by atoms with E-state index in [1.165, 1.54) is 16.4 Å². The lowest BCUT2D eigenvalue weighted by atomic mass is 10.0. The Bertz CT molecular complexity index is 980. The summed E-state index contributed by atoms with van der Waals surface area (Å²) >= 11 is 0. The Hall–Kier alpha value is -2.45. The first kappa shape index (κ1) is 22.8. The first-order valence-electron chi connectivity index (χ1n) is 9.64. The van der Waals surface area contributed by atoms with Crippen molar-refractivity contribution in [2.45, 2.75) is 52.0 Å². The molecule has 2 rings (SSSR count). The van der Waals surface area contributed by atoms with Crippen LogP contribution in [0.2, 0.25) is 0 Å². The highest BCUT2D eigenvalue weighted by atomic mass is 32.2. The highest BCUT2D eigenvalue weighted by Gasteiger charge is 2.35. The van der Waals surface area contributed by atoms with Gasteiger partial charge in [0.05, 0.1) is 17.5 Å². The van der Waals surface area contributed by atoms with Crippen molar-refractivity contribution in [1.29, 1.82) is 0 Å². The Morgan fingerprint density at radius 1 is 1.14 bits per heavy atom. The Kier molecular flexibility index (Phi) is 7.37. The van der Waals surface area contributed by atoms with Crippen molar-refractivity contribution in [2.75, 3.05) is 13.2 Å². The second kappa shape index (κ2) is 9.37. The van der Waals surface area contributed by atoms with E-state index in [1.54, 1.807) is 45.9 Å². The fourth-order valence-corrected chi connectivity index (χ4v) is 5.04.